The van der Waals surface area contributed by atoms with Crippen LogP contribution in [0.2, 0.25) is 0 Å². The van der Waals surface area contributed by atoms with Gasteiger partial charge in [-0.05, 0) is 154 Å². The molecular weight excluding hydrogens is 781 g/mol. The normalized spacial score (nSPS) is 13.4. The Kier molecular flexibility index (Phi) is 6.97. The molecule has 0 saturated heterocycles. The molecule has 0 aromatic heterocycles. The molecule has 0 fully saturated rings. The quantitative estimate of drug-likeness (QED) is 0.120. The molecule has 65 heavy (non-hydrogen) atoms. The van der Waals surface area contributed by atoms with E-state index in [9.17, 15) is 0 Å². The summed E-state index contributed by atoms with van der Waals surface area (Å²) < 4.78 is 0. The highest BCUT2D eigenvalue weighted by Crippen LogP contribution is 2.66. The van der Waals surface area contributed by atoms with Crippen molar-refractivity contribution in [3.63, 3.8) is 0 Å². The summed E-state index contributed by atoms with van der Waals surface area (Å²) in [5.41, 5.74) is 15.5. The van der Waals surface area contributed by atoms with Gasteiger partial charge in [0.05, 0.1) is 5.41 Å². The van der Waals surface area contributed by atoms with Crippen molar-refractivity contribution in [3.05, 3.63) is 253 Å². The zero-order valence-corrected chi connectivity index (χ0v) is 35.4. The molecule has 298 valence electrons. The molecule has 2 aliphatic rings. The third kappa shape index (κ3) is 4.46. The Morgan fingerprint density at radius 1 is 0.215 bits per heavy atom. The molecule has 0 bridgehead atoms. The molecule has 0 nitrogen and oxygen atoms in total. The lowest BCUT2D eigenvalue weighted by Gasteiger charge is -2.32. The summed E-state index contributed by atoms with van der Waals surface area (Å²) in [6.07, 6.45) is 0. The molecule has 0 atom stereocenters. The predicted octanol–water partition coefficient (Wildman–Crippen LogP) is 17.4. The van der Waals surface area contributed by atoms with Crippen LogP contribution in [0.4, 0.5) is 0 Å². The monoisotopic (exact) mass is 818 g/mol. The summed E-state index contributed by atoms with van der Waals surface area (Å²) >= 11 is 0. The maximum absolute atomic E-state index is 2.53. The third-order valence-electron chi connectivity index (χ3n) is 15.2. The number of fused-ring (bicyclic) bond motifs is 22. The second kappa shape index (κ2) is 12.9. The van der Waals surface area contributed by atoms with Gasteiger partial charge in [0, 0.05) is 0 Å². The van der Waals surface area contributed by atoms with Crippen LogP contribution in [0.25, 0.3) is 120 Å². The Hall–Kier alpha value is -8.32. The summed E-state index contributed by atoms with van der Waals surface area (Å²) in [5, 5.41) is 17.9. The van der Waals surface area contributed by atoms with Crippen molar-refractivity contribution >= 4 is 75.4 Å². The van der Waals surface area contributed by atoms with E-state index in [1.165, 1.54) is 142 Å². The van der Waals surface area contributed by atoms with Gasteiger partial charge >= 0.3 is 0 Å². The van der Waals surface area contributed by atoms with Crippen molar-refractivity contribution in [1.29, 1.82) is 0 Å². The summed E-state index contributed by atoms with van der Waals surface area (Å²) in [6, 6.07) is 87.2. The van der Waals surface area contributed by atoms with Crippen molar-refractivity contribution in [2.75, 3.05) is 0 Å². The molecular formula is C65H38. The molecule has 0 saturated carbocycles. The van der Waals surface area contributed by atoms with Gasteiger partial charge in [0.1, 0.15) is 0 Å². The van der Waals surface area contributed by atoms with Crippen LogP contribution in [0.3, 0.4) is 0 Å². The van der Waals surface area contributed by atoms with Gasteiger partial charge in [-0.3, -0.25) is 0 Å². The molecule has 0 aliphatic heterocycles. The summed E-state index contributed by atoms with van der Waals surface area (Å²) in [5.74, 6) is 0. The molecule has 0 heteroatoms. The van der Waals surface area contributed by atoms with Gasteiger partial charge in [-0.1, -0.05) is 218 Å². The van der Waals surface area contributed by atoms with Crippen LogP contribution < -0.4 is 0 Å². The second-order valence-electron chi connectivity index (χ2n) is 18.1. The lowest BCUT2D eigenvalue weighted by atomic mass is 9.69. The minimum absolute atomic E-state index is 0.491. The summed E-state index contributed by atoms with van der Waals surface area (Å²) in [6.45, 7) is 0. The van der Waals surface area contributed by atoms with E-state index in [0.717, 1.165) is 0 Å². The fourth-order valence-corrected chi connectivity index (χ4v) is 12.8. The molecule has 0 unspecified atom stereocenters. The van der Waals surface area contributed by atoms with E-state index in [4.69, 9.17) is 0 Å². The van der Waals surface area contributed by atoms with Gasteiger partial charge in [-0.2, -0.15) is 0 Å². The maximum Gasteiger partial charge on any atom is 0.0732 e. The number of hydrogen-bond donors (Lipinski definition) is 0. The summed E-state index contributed by atoms with van der Waals surface area (Å²) in [4.78, 5) is 0. The molecule has 13 aromatic carbocycles. The van der Waals surface area contributed by atoms with Crippen molar-refractivity contribution in [2.24, 2.45) is 0 Å². The van der Waals surface area contributed by atoms with E-state index in [2.05, 4.69) is 231 Å². The number of rotatable bonds is 2. The first-order valence-electron chi connectivity index (χ1n) is 22.8. The minimum Gasteiger partial charge on any atom is -0.0619 e. The molecule has 13 aromatic rings. The van der Waals surface area contributed by atoms with E-state index in [1.807, 2.05) is 0 Å². The second-order valence-corrected chi connectivity index (χ2v) is 18.1. The average molecular weight is 819 g/mol. The first kappa shape index (κ1) is 35.2. The van der Waals surface area contributed by atoms with E-state index in [-0.39, 0.29) is 0 Å². The maximum atomic E-state index is 2.53. The van der Waals surface area contributed by atoms with Crippen molar-refractivity contribution < 1.29 is 0 Å². The van der Waals surface area contributed by atoms with Gasteiger partial charge < -0.3 is 0 Å². The molecule has 0 amide bonds. The van der Waals surface area contributed by atoms with Crippen molar-refractivity contribution in [2.45, 2.75) is 5.41 Å². The molecule has 15 rings (SSSR count). The molecule has 2 aliphatic carbocycles. The standard InChI is InChI=1S/C65H38/c1-4-20-43-39(17-1)34-36-59-62(43)63-49-26-8-7-23-46(49)55-38-41(33-35-54(55)64(63)65(59)57-31-15-13-24-47(57)48-25-14-16-32-58(48)65)60-50-27-9-11-29-52(50)61(53-30-12-10-28-51(53)60)56-37-40-18-2-3-19-42(40)44-21-5-6-22-45(44)56/h1-38H. The molecule has 0 N–H and O–H groups in total. The highest BCUT2D eigenvalue weighted by molar-refractivity contribution is 6.28. The number of hydrogen-bond acceptors (Lipinski definition) is 0. The van der Waals surface area contributed by atoms with Gasteiger partial charge in [0.2, 0.25) is 0 Å². The molecule has 1 spiro atoms. The average Bonchev–Trinajstić information content (AvgIpc) is 3.86. The van der Waals surface area contributed by atoms with Crippen LogP contribution in [0.15, 0.2) is 231 Å². The fourth-order valence-electron chi connectivity index (χ4n) is 12.8. The SMILES string of the molecule is c1ccc2c(c1)-c1ccccc1C21c2ccc3ccccc3c2-c2c1c1ccc(-c3c4ccccc4c(-c4cc5ccccc5c5ccccc45)c4ccccc34)cc1c1ccccc21. The predicted molar refractivity (Wildman–Crippen MR) is 276 cm³/mol. The zero-order valence-electron chi connectivity index (χ0n) is 35.4. The van der Waals surface area contributed by atoms with E-state index in [0.29, 0.717) is 0 Å². The van der Waals surface area contributed by atoms with E-state index in [1.54, 1.807) is 0 Å². The van der Waals surface area contributed by atoms with Crippen LogP contribution in [0.5, 0.6) is 0 Å². The Labute approximate surface area is 376 Å². The Morgan fingerprint density at radius 2 is 0.692 bits per heavy atom. The van der Waals surface area contributed by atoms with E-state index < -0.39 is 5.41 Å². The lowest BCUT2D eigenvalue weighted by Crippen LogP contribution is -2.26. The smallest absolute Gasteiger partial charge is 0.0619 e. The lowest BCUT2D eigenvalue weighted by molar-refractivity contribution is 0.802. The van der Waals surface area contributed by atoms with Crippen LogP contribution >= 0.6 is 0 Å². The first-order valence-corrected chi connectivity index (χ1v) is 22.8. The van der Waals surface area contributed by atoms with Gasteiger partial charge in [-0.25, -0.2) is 0 Å². The summed E-state index contributed by atoms with van der Waals surface area (Å²) in [7, 11) is 0. The van der Waals surface area contributed by atoms with E-state index >= 15 is 0 Å². The topological polar surface area (TPSA) is 0 Å². The Balaban J connectivity index is 1.08. The zero-order chi connectivity index (χ0) is 42.4. The molecule has 0 radical (unpaired) electrons. The highest BCUT2D eigenvalue weighted by atomic mass is 14.5. The van der Waals surface area contributed by atoms with Crippen LogP contribution in [-0.2, 0) is 5.41 Å². The Bertz CT molecular complexity index is 4140. The van der Waals surface area contributed by atoms with Crippen LogP contribution in [-0.4, -0.2) is 0 Å². The Morgan fingerprint density at radius 3 is 1.34 bits per heavy atom. The first-order chi connectivity index (χ1) is 32.3. The highest BCUT2D eigenvalue weighted by Gasteiger charge is 2.53. The number of benzene rings is 13. The van der Waals surface area contributed by atoms with Crippen LogP contribution in [0, 0.1) is 0 Å². The van der Waals surface area contributed by atoms with Crippen molar-refractivity contribution in [1.82, 2.24) is 0 Å². The minimum atomic E-state index is -0.491. The molecule has 0 heterocycles. The van der Waals surface area contributed by atoms with Crippen molar-refractivity contribution in [3.8, 4) is 44.5 Å². The van der Waals surface area contributed by atoms with Gasteiger partial charge in [-0.15, -0.1) is 0 Å². The largest absolute Gasteiger partial charge is 0.0732 e. The fraction of sp³-hybridized carbons (Fsp3) is 0.0154. The van der Waals surface area contributed by atoms with Crippen LogP contribution in [0.1, 0.15) is 22.3 Å². The third-order valence-corrected chi connectivity index (χ3v) is 15.2. The van der Waals surface area contributed by atoms with Gasteiger partial charge in [0.25, 0.3) is 0 Å². The van der Waals surface area contributed by atoms with Gasteiger partial charge in [0.15, 0.2) is 0 Å².